The smallest absolute Gasteiger partial charge is 0.276 e. The fraction of sp³-hybridized carbons (Fsp3) is 0.385. The van der Waals surface area contributed by atoms with E-state index in [0.717, 1.165) is 65.5 Å². The van der Waals surface area contributed by atoms with Gasteiger partial charge in [-0.05, 0) is 61.9 Å². The molecule has 0 spiro atoms. The van der Waals surface area contributed by atoms with Gasteiger partial charge in [0, 0.05) is 37.3 Å². The Hall–Kier alpha value is -3.11. The van der Waals surface area contributed by atoms with Gasteiger partial charge in [0.05, 0.1) is 10.6 Å². The minimum atomic E-state index is -3.23. The zero-order valence-electron chi connectivity index (χ0n) is 20.6. The zero-order chi connectivity index (χ0) is 25.3. The summed E-state index contributed by atoms with van der Waals surface area (Å²) in [6.07, 6.45) is 8.04. The Balaban J connectivity index is 1.22. The van der Waals surface area contributed by atoms with Crippen LogP contribution in [0.3, 0.4) is 0 Å². The van der Waals surface area contributed by atoms with Crippen molar-refractivity contribution in [1.82, 2.24) is 19.9 Å². The maximum Gasteiger partial charge on any atom is 0.276 e. The molecule has 1 aliphatic rings. The van der Waals surface area contributed by atoms with Gasteiger partial charge >= 0.3 is 0 Å². The highest BCUT2D eigenvalue weighted by molar-refractivity contribution is 7.90. The fourth-order valence-corrected chi connectivity index (χ4v) is 5.90. The Morgan fingerprint density at radius 3 is 2.39 bits per heavy atom. The van der Waals surface area contributed by atoms with Gasteiger partial charge in [-0.25, -0.2) is 28.4 Å². The van der Waals surface area contributed by atoms with Gasteiger partial charge in [0.1, 0.15) is 16.5 Å². The van der Waals surface area contributed by atoms with E-state index >= 15 is 0 Å². The van der Waals surface area contributed by atoms with Gasteiger partial charge in [-0.3, -0.25) is 0 Å². The third-order valence-corrected chi connectivity index (χ3v) is 8.67. The maximum atomic E-state index is 11.7. The Labute approximate surface area is 215 Å². The van der Waals surface area contributed by atoms with Crippen LogP contribution in [-0.2, 0) is 16.3 Å². The highest BCUT2D eigenvalue weighted by Crippen LogP contribution is 2.32. The van der Waals surface area contributed by atoms with Crippen molar-refractivity contribution in [1.29, 1.82) is 0 Å². The first-order chi connectivity index (χ1) is 17.3. The first-order valence-corrected chi connectivity index (χ1v) is 14.8. The van der Waals surface area contributed by atoms with Crippen molar-refractivity contribution in [2.24, 2.45) is 5.92 Å². The lowest BCUT2D eigenvalue weighted by atomic mass is 9.92. The van der Waals surface area contributed by atoms with Gasteiger partial charge in [-0.2, -0.15) is 0 Å². The van der Waals surface area contributed by atoms with Crippen molar-refractivity contribution in [3.05, 3.63) is 54.4 Å². The van der Waals surface area contributed by atoms with Crippen LogP contribution in [0.2, 0.25) is 0 Å². The molecule has 1 saturated heterocycles. The first-order valence-electron chi connectivity index (χ1n) is 12.1. The van der Waals surface area contributed by atoms with Gasteiger partial charge in [0.25, 0.3) is 5.19 Å². The Kier molecular flexibility index (Phi) is 6.90. The lowest BCUT2D eigenvalue weighted by molar-refractivity contribution is 0.132. The number of thiazole rings is 1. The van der Waals surface area contributed by atoms with Crippen LogP contribution in [0.4, 0.5) is 5.95 Å². The third-order valence-electron chi connectivity index (χ3n) is 6.69. The van der Waals surface area contributed by atoms with Crippen molar-refractivity contribution < 1.29 is 13.2 Å². The van der Waals surface area contributed by atoms with Crippen molar-refractivity contribution in [3.63, 3.8) is 0 Å². The minimum absolute atomic E-state index is 0.0408. The molecular weight excluding hydrogens is 494 g/mol. The number of fused-ring (bicyclic) bond motifs is 1. The number of anilines is 1. The van der Waals surface area contributed by atoms with Crippen molar-refractivity contribution in [2.45, 2.75) is 44.1 Å². The molecule has 0 bridgehead atoms. The molecule has 4 heterocycles. The van der Waals surface area contributed by atoms with Gasteiger partial charge in [-0.1, -0.05) is 30.4 Å². The van der Waals surface area contributed by atoms with E-state index in [4.69, 9.17) is 9.72 Å². The topological polar surface area (TPSA) is 98.2 Å². The lowest BCUT2D eigenvalue weighted by Crippen LogP contribution is -2.39. The van der Waals surface area contributed by atoms with E-state index in [9.17, 15) is 8.42 Å². The average molecular weight is 524 g/mol. The molecule has 1 fully saturated rings. The molecule has 36 heavy (non-hydrogen) atoms. The molecule has 0 saturated carbocycles. The summed E-state index contributed by atoms with van der Waals surface area (Å²) in [5.41, 5.74) is 3.57. The van der Waals surface area contributed by atoms with Crippen molar-refractivity contribution in [2.75, 3.05) is 24.2 Å². The summed E-state index contributed by atoms with van der Waals surface area (Å²) < 4.78 is 29.7. The molecule has 0 N–H and O–H groups in total. The number of aryl methyl sites for hydroxylation is 1. The van der Waals surface area contributed by atoms with Crippen LogP contribution in [0.15, 0.2) is 53.7 Å². The molecule has 1 aliphatic heterocycles. The number of rotatable bonds is 7. The number of ether oxygens (including phenoxy) is 1. The molecule has 5 rings (SSSR count). The van der Waals surface area contributed by atoms with E-state index in [1.54, 1.807) is 24.3 Å². The van der Waals surface area contributed by atoms with E-state index in [-0.39, 0.29) is 6.10 Å². The van der Waals surface area contributed by atoms with Crippen LogP contribution in [0.25, 0.3) is 21.6 Å². The monoisotopic (exact) mass is 523 g/mol. The second-order valence-corrected chi connectivity index (χ2v) is 12.1. The Morgan fingerprint density at radius 2 is 1.75 bits per heavy atom. The molecule has 1 atom stereocenters. The van der Waals surface area contributed by atoms with Gasteiger partial charge < -0.3 is 9.64 Å². The molecule has 3 aromatic heterocycles. The number of piperidine rings is 1. The van der Waals surface area contributed by atoms with Crippen LogP contribution in [0.1, 0.15) is 32.3 Å². The number of aromatic nitrogens is 4. The van der Waals surface area contributed by atoms with Crippen LogP contribution in [0.5, 0.6) is 5.19 Å². The van der Waals surface area contributed by atoms with Crippen molar-refractivity contribution in [3.8, 4) is 16.5 Å². The summed E-state index contributed by atoms with van der Waals surface area (Å²) in [7, 11) is -3.23. The molecule has 0 aliphatic carbocycles. The van der Waals surface area contributed by atoms with Gasteiger partial charge in [-0.15, -0.1) is 0 Å². The molecule has 0 amide bonds. The largest absolute Gasteiger partial charge is 0.467 e. The van der Waals surface area contributed by atoms with Gasteiger partial charge in [0.15, 0.2) is 9.84 Å². The summed E-state index contributed by atoms with van der Waals surface area (Å²) in [6, 6.07) is 10.6. The molecule has 10 heteroatoms. The number of hydrogen-bond acceptors (Lipinski definition) is 9. The number of pyridine rings is 1. The molecule has 1 unspecified atom stereocenters. The highest BCUT2D eigenvalue weighted by Gasteiger charge is 2.27. The minimum Gasteiger partial charge on any atom is -0.467 e. The van der Waals surface area contributed by atoms with Gasteiger partial charge in [0.2, 0.25) is 5.95 Å². The zero-order valence-corrected chi connectivity index (χ0v) is 22.2. The normalized spacial score (nSPS) is 15.8. The Bertz CT molecular complexity index is 1450. The molecule has 0 radical (unpaired) electrons. The summed E-state index contributed by atoms with van der Waals surface area (Å²) in [6.45, 7) is 6.04. The van der Waals surface area contributed by atoms with Crippen LogP contribution < -0.4 is 9.64 Å². The van der Waals surface area contributed by atoms with E-state index < -0.39 is 9.84 Å². The fourth-order valence-electron chi connectivity index (χ4n) is 4.40. The summed E-state index contributed by atoms with van der Waals surface area (Å²) >= 11 is 1.44. The SMILES string of the molecule is CCc1cnc(N2CCC(C(C)Oc3nc4ccc(-c5ccc(S(C)(=O)=O)cc5)nc4s3)CC2)nc1. The molecule has 1 aromatic carbocycles. The van der Waals surface area contributed by atoms with E-state index in [1.165, 1.54) is 17.6 Å². The van der Waals surface area contributed by atoms with E-state index in [1.807, 2.05) is 24.5 Å². The number of hydrogen-bond donors (Lipinski definition) is 0. The first kappa shape index (κ1) is 24.6. The van der Waals surface area contributed by atoms with Crippen molar-refractivity contribution >= 4 is 37.5 Å². The van der Waals surface area contributed by atoms with Crippen LogP contribution in [0, 0.1) is 5.92 Å². The number of sulfone groups is 1. The maximum absolute atomic E-state index is 11.7. The average Bonchev–Trinajstić information content (AvgIpc) is 3.30. The summed E-state index contributed by atoms with van der Waals surface area (Å²) in [5, 5.41) is 0.621. The standard InChI is InChI=1S/C26H29N5O3S2/c1-4-18-15-27-25(28-16-18)31-13-11-19(12-14-31)17(2)34-26-30-23-10-9-22(29-24(23)35-26)20-5-7-21(8-6-20)36(3,32)33/h5-10,15-17,19H,4,11-14H2,1-3H3. The predicted octanol–water partition coefficient (Wildman–Crippen LogP) is 4.80. The van der Waals surface area contributed by atoms with Crippen LogP contribution >= 0.6 is 11.3 Å². The molecular formula is C26H29N5O3S2. The van der Waals surface area contributed by atoms with Crippen LogP contribution in [-0.4, -0.2) is 53.8 Å². The molecule has 188 valence electrons. The Morgan fingerprint density at radius 1 is 1.06 bits per heavy atom. The molecule has 4 aromatic rings. The van der Waals surface area contributed by atoms with E-state index in [0.29, 0.717) is 16.0 Å². The number of nitrogens with zero attached hydrogens (tertiary/aromatic N) is 5. The summed E-state index contributed by atoms with van der Waals surface area (Å²) in [4.78, 5) is 21.7. The second kappa shape index (κ2) is 10.1. The third kappa shape index (κ3) is 5.34. The molecule has 8 nitrogen and oxygen atoms in total. The number of benzene rings is 1. The summed E-state index contributed by atoms with van der Waals surface area (Å²) in [5.74, 6) is 1.23. The highest BCUT2D eigenvalue weighted by atomic mass is 32.2. The second-order valence-electron chi connectivity index (χ2n) is 9.19. The lowest BCUT2D eigenvalue weighted by Gasteiger charge is -2.34. The van der Waals surface area contributed by atoms with E-state index in [2.05, 4.69) is 33.7 Å². The quantitative estimate of drug-likeness (QED) is 0.341. The predicted molar refractivity (Wildman–Crippen MR) is 142 cm³/mol.